The van der Waals surface area contributed by atoms with Crippen LogP contribution >= 0.6 is 0 Å². The van der Waals surface area contributed by atoms with E-state index >= 15 is 0 Å². The van der Waals surface area contributed by atoms with Gasteiger partial charge in [-0.1, -0.05) is 13.5 Å². The molecule has 0 amide bonds. The average molecular weight is 217 g/mol. The van der Waals surface area contributed by atoms with Crippen molar-refractivity contribution in [2.24, 2.45) is 5.92 Å². The van der Waals surface area contributed by atoms with E-state index in [4.69, 9.17) is 0 Å². The minimum Gasteiger partial charge on any atom is -0.208 e. The molecule has 3 nitrogen and oxygen atoms in total. The highest BCUT2D eigenvalue weighted by molar-refractivity contribution is 7.92. The molecule has 0 spiro atoms. The smallest absolute Gasteiger partial charge is 0.208 e. The van der Waals surface area contributed by atoms with E-state index in [1.807, 2.05) is 0 Å². The summed E-state index contributed by atoms with van der Waals surface area (Å²) < 4.78 is 24.4. The molecule has 0 heterocycles. The van der Waals surface area contributed by atoms with Crippen molar-refractivity contribution in [3.05, 3.63) is 12.0 Å². The second-order valence-electron chi connectivity index (χ2n) is 4.14. The highest BCUT2D eigenvalue weighted by atomic mass is 32.2. The summed E-state index contributed by atoms with van der Waals surface area (Å²) in [4.78, 5) is 0. The van der Waals surface area contributed by atoms with Gasteiger partial charge < -0.3 is 0 Å². The van der Waals surface area contributed by atoms with Crippen molar-refractivity contribution < 1.29 is 8.42 Å². The lowest BCUT2D eigenvalue weighted by molar-refractivity contribution is 0.247. The molecule has 0 aromatic rings. The third-order valence-corrected chi connectivity index (χ3v) is 4.63. The quantitative estimate of drug-likeness (QED) is 0.725. The van der Waals surface area contributed by atoms with Gasteiger partial charge >= 0.3 is 0 Å². The summed E-state index contributed by atoms with van der Waals surface area (Å²) in [5.41, 5.74) is 0. The molecule has 4 heteroatoms. The lowest BCUT2D eigenvalue weighted by Crippen LogP contribution is -2.38. The predicted molar refractivity (Wildman–Crippen MR) is 58.3 cm³/mol. The van der Waals surface area contributed by atoms with Gasteiger partial charge in [-0.3, -0.25) is 0 Å². The van der Waals surface area contributed by atoms with Crippen LogP contribution in [-0.4, -0.2) is 25.8 Å². The molecule has 0 unspecified atom stereocenters. The van der Waals surface area contributed by atoms with E-state index in [1.165, 1.54) is 4.31 Å². The van der Waals surface area contributed by atoms with Gasteiger partial charge in [-0.25, -0.2) is 8.42 Å². The molecule has 0 atom stereocenters. The van der Waals surface area contributed by atoms with E-state index in [-0.39, 0.29) is 6.04 Å². The first kappa shape index (κ1) is 11.7. The standard InChI is InChI=1S/C10H19NO2S/c1-4-14(12,13)11(3)10-7-5-9(2)6-8-10/h4,9-10H,1,5-8H2,2-3H3. The molecular weight excluding hydrogens is 198 g/mol. The molecular formula is C10H19NO2S. The van der Waals surface area contributed by atoms with Crippen molar-refractivity contribution in [2.75, 3.05) is 7.05 Å². The molecule has 1 fully saturated rings. The molecule has 1 aliphatic carbocycles. The number of nitrogens with zero attached hydrogens (tertiary/aromatic N) is 1. The molecule has 0 aliphatic heterocycles. The normalized spacial score (nSPS) is 29.1. The van der Waals surface area contributed by atoms with Gasteiger partial charge in [0.05, 0.1) is 0 Å². The lowest BCUT2D eigenvalue weighted by Gasteiger charge is -2.31. The van der Waals surface area contributed by atoms with Crippen molar-refractivity contribution in [1.82, 2.24) is 4.31 Å². The Kier molecular flexibility index (Phi) is 3.72. The minimum atomic E-state index is -3.22. The van der Waals surface area contributed by atoms with E-state index in [9.17, 15) is 8.42 Å². The Morgan fingerprint density at radius 1 is 1.29 bits per heavy atom. The van der Waals surface area contributed by atoms with Gasteiger partial charge in [-0.2, -0.15) is 4.31 Å². The number of hydrogen-bond acceptors (Lipinski definition) is 2. The zero-order valence-electron chi connectivity index (χ0n) is 8.94. The van der Waals surface area contributed by atoms with Crippen LogP contribution in [0.2, 0.25) is 0 Å². The van der Waals surface area contributed by atoms with Crippen LogP contribution in [0.25, 0.3) is 0 Å². The first-order valence-corrected chi connectivity index (χ1v) is 6.58. The summed E-state index contributed by atoms with van der Waals surface area (Å²) in [7, 11) is -1.57. The van der Waals surface area contributed by atoms with Gasteiger partial charge in [-0.05, 0) is 31.6 Å². The van der Waals surface area contributed by atoms with Gasteiger partial charge in [0.15, 0.2) is 0 Å². The fourth-order valence-corrected chi connectivity index (χ4v) is 2.79. The van der Waals surface area contributed by atoms with Crippen molar-refractivity contribution in [2.45, 2.75) is 38.6 Å². The van der Waals surface area contributed by atoms with Gasteiger partial charge in [0.25, 0.3) is 0 Å². The van der Waals surface area contributed by atoms with Crippen molar-refractivity contribution in [3.8, 4) is 0 Å². The lowest BCUT2D eigenvalue weighted by atomic mass is 9.87. The molecule has 0 bridgehead atoms. The fourth-order valence-electron chi connectivity index (χ4n) is 1.93. The van der Waals surface area contributed by atoms with Crippen LogP contribution in [0.15, 0.2) is 12.0 Å². The van der Waals surface area contributed by atoms with Crippen LogP contribution in [0, 0.1) is 5.92 Å². The first-order chi connectivity index (χ1) is 6.47. The molecule has 1 saturated carbocycles. The molecule has 1 rings (SSSR count). The molecule has 14 heavy (non-hydrogen) atoms. The summed E-state index contributed by atoms with van der Waals surface area (Å²) in [5, 5.41) is 1.03. The zero-order chi connectivity index (χ0) is 10.8. The maximum absolute atomic E-state index is 11.5. The molecule has 1 aliphatic rings. The summed E-state index contributed by atoms with van der Waals surface area (Å²) >= 11 is 0. The minimum absolute atomic E-state index is 0.175. The molecule has 82 valence electrons. The number of rotatable bonds is 3. The fraction of sp³-hybridized carbons (Fsp3) is 0.800. The third kappa shape index (κ3) is 2.58. The topological polar surface area (TPSA) is 37.4 Å². The monoisotopic (exact) mass is 217 g/mol. The largest absolute Gasteiger partial charge is 0.235 e. The van der Waals surface area contributed by atoms with Gasteiger partial charge in [0.1, 0.15) is 0 Å². The van der Waals surface area contributed by atoms with Crippen LogP contribution < -0.4 is 0 Å². The Balaban J connectivity index is 2.62. The predicted octanol–water partition coefficient (Wildman–Crippen LogP) is 1.97. The van der Waals surface area contributed by atoms with E-state index in [0.29, 0.717) is 0 Å². The summed E-state index contributed by atoms with van der Waals surface area (Å²) in [5.74, 6) is 0.742. The third-order valence-electron chi connectivity index (χ3n) is 3.11. The van der Waals surface area contributed by atoms with Gasteiger partial charge in [0, 0.05) is 18.5 Å². The molecule has 0 aromatic carbocycles. The molecule has 0 aromatic heterocycles. The van der Waals surface area contributed by atoms with Crippen LogP contribution in [0.5, 0.6) is 0 Å². The van der Waals surface area contributed by atoms with Gasteiger partial charge in [0.2, 0.25) is 10.0 Å². The van der Waals surface area contributed by atoms with Crippen molar-refractivity contribution in [1.29, 1.82) is 0 Å². The maximum Gasteiger partial charge on any atom is 0.235 e. The zero-order valence-corrected chi connectivity index (χ0v) is 9.76. The Hall–Kier alpha value is -0.350. The van der Waals surface area contributed by atoms with Crippen molar-refractivity contribution in [3.63, 3.8) is 0 Å². The molecule has 0 saturated heterocycles. The summed E-state index contributed by atoms with van der Waals surface area (Å²) in [6, 6.07) is 0.175. The summed E-state index contributed by atoms with van der Waals surface area (Å²) in [6.07, 6.45) is 4.21. The summed E-state index contributed by atoms with van der Waals surface area (Å²) in [6.45, 7) is 5.55. The molecule has 0 radical (unpaired) electrons. The first-order valence-electron chi connectivity index (χ1n) is 5.08. The number of sulfonamides is 1. The second-order valence-corrected chi connectivity index (χ2v) is 6.08. The van der Waals surface area contributed by atoms with Crippen LogP contribution in [0.1, 0.15) is 32.6 Å². The Morgan fingerprint density at radius 3 is 2.21 bits per heavy atom. The number of hydrogen-bond donors (Lipinski definition) is 0. The Morgan fingerprint density at radius 2 is 1.79 bits per heavy atom. The van der Waals surface area contributed by atoms with E-state index in [1.54, 1.807) is 7.05 Å². The van der Waals surface area contributed by atoms with Crippen LogP contribution in [0.3, 0.4) is 0 Å². The van der Waals surface area contributed by atoms with Crippen LogP contribution in [0.4, 0.5) is 0 Å². The SMILES string of the molecule is C=CS(=O)(=O)N(C)C1CCC(C)CC1. The Bertz CT molecular complexity index is 289. The van der Waals surface area contributed by atoms with Crippen molar-refractivity contribution >= 4 is 10.0 Å². The van der Waals surface area contributed by atoms with Crippen LogP contribution in [-0.2, 0) is 10.0 Å². The van der Waals surface area contributed by atoms with Gasteiger partial charge in [-0.15, -0.1) is 0 Å². The van der Waals surface area contributed by atoms with E-state index < -0.39 is 10.0 Å². The second kappa shape index (κ2) is 4.45. The van der Waals surface area contributed by atoms with E-state index in [0.717, 1.165) is 37.0 Å². The Labute approximate surface area is 86.8 Å². The highest BCUT2D eigenvalue weighted by Gasteiger charge is 2.27. The average Bonchev–Trinajstić information content (AvgIpc) is 2.18. The molecule has 0 N–H and O–H groups in total. The maximum atomic E-state index is 11.5. The highest BCUT2D eigenvalue weighted by Crippen LogP contribution is 2.27. The van der Waals surface area contributed by atoms with E-state index in [2.05, 4.69) is 13.5 Å².